The van der Waals surface area contributed by atoms with Gasteiger partial charge in [0, 0.05) is 13.0 Å². The molecule has 0 saturated heterocycles. The van der Waals surface area contributed by atoms with Gasteiger partial charge in [0.25, 0.3) is 0 Å². The van der Waals surface area contributed by atoms with Gasteiger partial charge in [-0.15, -0.1) is 0 Å². The van der Waals surface area contributed by atoms with E-state index in [9.17, 15) is 0 Å². The molecule has 1 aliphatic heterocycles. The maximum Gasteiger partial charge on any atom is 0.180 e. The summed E-state index contributed by atoms with van der Waals surface area (Å²) in [5.41, 5.74) is 5.72. The number of nitrogens with one attached hydrogen (secondary N) is 1. The number of nitrogens with zero attached hydrogens (tertiary/aromatic N) is 3. The second-order valence-corrected chi connectivity index (χ2v) is 2.95. The van der Waals surface area contributed by atoms with Gasteiger partial charge in [0.05, 0.1) is 12.5 Å². The highest BCUT2D eigenvalue weighted by atomic mass is 15.3. The van der Waals surface area contributed by atoms with Crippen LogP contribution in [-0.2, 0) is 0 Å². The van der Waals surface area contributed by atoms with Crippen molar-refractivity contribution in [3.05, 3.63) is 0 Å². The van der Waals surface area contributed by atoms with E-state index >= 15 is 0 Å². The molecule has 1 heterocycles. The quantitative estimate of drug-likeness (QED) is 0.399. The molecule has 0 radical (unpaired) electrons. The summed E-state index contributed by atoms with van der Waals surface area (Å²) >= 11 is 0. The van der Waals surface area contributed by atoms with Crippen molar-refractivity contribution >= 4 is 6.34 Å². The molecule has 3 N–H and O–H groups in total. The molecular weight excluding hydrogens is 154 g/mol. The number of hydrogen-bond donors (Lipinski definition) is 2. The summed E-state index contributed by atoms with van der Waals surface area (Å²) < 4.78 is 0. The molecule has 66 valence electrons. The summed E-state index contributed by atoms with van der Waals surface area (Å²) in [5.74, 6) is 0.139. The fourth-order valence-corrected chi connectivity index (χ4v) is 1.19. The molecule has 1 rings (SSSR count). The Morgan fingerprint density at radius 2 is 2.42 bits per heavy atom. The third-order valence-corrected chi connectivity index (χ3v) is 2.09. The Hall–Kier alpha value is -1.28. The molecule has 3 unspecified atom stereocenters. The molecule has 0 saturated carbocycles. The van der Waals surface area contributed by atoms with Crippen LogP contribution in [0.3, 0.4) is 0 Å². The Kier molecular flexibility index (Phi) is 2.51. The van der Waals surface area contributed by atoms with Gasteiger partial charge in [0.2, 0.25) is 0 Å². The zero-order valence-corrected chi connectivity index (χ0v) is 7.23. The Bertz CT molecular complexity index is 218. The number of hydrogen-bond acceptors (Lipinski definition) is 5. The molecule has 3 atom stereocenters. The summed E-state index contributed by atoms with van der Waals surface area (Å²) in [6.07, 6.45) is 3.33. The van der Waals surface area contributed by atoms with Crippen molar-refractivity contribution in [1.82, 2.24) is 10.2 Å². The van der Waals surface area contributed by atoms with Gasteiger partial charge >= 0.3 is 0 Å². The van der Waals surface area contributed by atoms with E-state index in [1.54, 1.807) is 13.4 Å². The molecule has 0 aliphatic carbocycles. The van der Waals surface area contributed by atoms with Crippen molar-refractivity contribution in [3.8, 4) is 6.19 Å². The van der Waals surface area contributed by atoms with Crippen LogP contribution in [0.2, 0.25) is 0 Å². The normalized spacial score (nSPS) is 33.7. The first kappa shape index (κ1) is 8.81. The van der Waals surface area contributed by atoms with Crippen LogP contribution in [-0.4, -0.2) is 30.6 Å². The van der Waals surface area contributed by atoms with E-state index in [0.717, 1.165) is 0 Å². The lowest BCUT2D eigenvalue weighted by molar-refractivity contribution is 0.218. The monoisotopic (exact) mass is 167 g/mol. The minimum absolute atomic E-state index is 0.122. The molecule has 5 nitrogen and oxygen atoms in total. The van der Waals surface area contributed by atoms with Crippen LogP contribution >= 0.6 is 0 Å². The summed E-state index contributed by atoms with van der Waals surface area (Å²) in [4.78, 5) is 5.62. The lowest BCUT2D eigenvalue weighted by atomic mass is 10.0. The Labute approximate surface area is 71.9 Å². The predicted molar refractivity (Wildman–Crippen MR) is 45.9 cm³/mol. The fraction of sp³-hybridized carbons (Fsp3) is 0.714. The maximum atomic E-state index is 8.63. The third-order valence-electron chi connectivity index (χ3n) is 2.09. The largest absolute Gasteiger partial charge is 0.361 e. The van der Waals surface area contributed by atoms with E-state index in [4.69, 9.17) is 11.0 Å². The molecule has 5 heteroatoms. The highest BCUT2D eigenvalue weighted by Crippen LogP contribution is 2.14. The van der Waals surface area contributed by atoms with E-state index in [0.29, 0.717) is 0 Å². The van der Waals surface area contributed by atoms with Gasteiger partial charge in [0.15, 0.2) is 6.19 Å². The van der Waals surface area contributed by atoms with Gasteiger partial charge in [0.1, 0.15) is 6.17 Å². The molecule has 0 bridgehead atoms. The van der Waals surface area contributed by atoms with Gasteiger partial charge < -0.3 is 11.1 Å². The first-order valence-corrected chi connectivity index (χ1v) is 3.82. The lowest BCUT2D eigenvalue weighted by Gasteiger charge is -2.32. The van der Waals surface area contributed by atoms with Crippen molar-refractivity contribution < 1.29 is 0 Å². The van der Waals surface area contributed by atoms with Crippen molar-refractivity contribution in [2.45, 2.75) is 19.3 Å². The van der Waals surface area contributed by atoms with Crippen LogP contribution in [0.5, 0.6) is 0 Å². The minimum atomic E-state index is -0.133. The molecule has 0 fully saturated rings. The van der Waals surface area contributed by atoms with Gasteiger partial charge in [-0.3, -0.25) is 4.90 Å². The topological polar surface area (TPSA) is 77.4 Å². The molecule has 0 aromatic rings. The number of rotatable bonds is 1. The summed E-state index contributed by atoms with van der Waals surface area (Å²) in [5, 5.41) is 11.5. The van der Waals surface area contributed by atoms with Gasteiger partial charge in [-0.2, -0.15) is 5.26 Å². The summed E-state index contributed by atoms with van der Waals surface area (Å²) in [6, 6.07) is 0. The van der Waals surface area contributed by atoms with E-state index in [1.807, 2.05) is 13.1 Å². The number of nitrogens with two attached hydrogens (primary N) is 1. The van der Waals surface area contributed by atoms with Crippen molar-refractivity contribution in [2.24, 2.45) is 16.6 Å². The molecule has 0 amide bonds. The number of nitriles is 1. The van der Waals surface area contributed by atoms with E-state index in [1.165, 1.54) is 4.90 Å². The average Bonchev–Trinajstić information content (AvgIpc) is 2.08. The standard InChI is InChI=1S/C7H13N5/c1-5-6(9)10-4-11-7(5)12(2)3-8/h4-7H,9H2,1-2H3,(H,10,11). The fourth-order valence-electron chi connectivity index (χ4n) is 1.19. The maximum absolute atomic E-state index is 8.63. The van der Waals surface area contributed by atoms with Crippen molar-refractivity contribution in [3.63, 3.8) is 0 Å². The summed E-state index contributed by atoms with van der Waals surface area (Å²) in [6.45, 7) is 1.96. The van der Waals surface area contributed by atoms with Crippen LogP contribution < -0.4 is 11.1 Å². The molecule has 1 aliphatic rings. The highest BCUT2D eigenvalue weighted by molar-refractivity contribution is 5.56. The van der Waals surface area contributed by atoms with Crippen molar-refractivity contribution in [1.29, 1.82) is 5.26 Å². The first-order valence-electron chi connectivity index (χ1n) is 3.82. The second-order valence-electron chi connectivity index (χ2n) is 2.95. The Morgan fingerprint density at radius 3 is 3.00 bits per heavy atom. The highest BCUT2D eigenvalue weighted by Gasteiger charge is 2.27. The van der Waals surface area contributed by atoms with Gasteiger partial charge in [-0.25, -0.2) is 4.99 Å². The predicted octanol–water partition coefficient (Wildman–Crippen LogP) is -0.722. The third kappa shape index (κ3) is 1.48. The Balaban J connectivity index is 2.71. The molecule has 12 heavy (non-hydrogen) atoms. The van der Waals surface area contributed by atoms with Gasteiger partial charge in [-0.05, 0) is 0 Å². The summed E-state index contributed by atoms with van der Waals surface area (Å²) in [7, 11) is 1.70. The minimum Gasteiger partial charge on any atom is -0.361 e. The molecule has 0 spiro atoms. The van der Waals surface area contributed by atoms with Crippen molar-refractivity contribution in [2.75, 3.05) is 7.05 Å². The van der Waals surface area contributed by atoms with Crippen LogP contribution in [0, 0.1) is 17.4 Å². The number of aliphatic imine (C=N–C) groups is 1. The Morgan fingerprint density at radius 1 is 1.75 bits per heavy atom. The second kappa shape index (κ2) is 3.41. The van der Waals surface area contributed by atoms with Crippen LogP contribution in [0.25, 0.3) is 0 Å². The SMILES string of the molecule is CC1C(N)NC=NC1N(C)C#N. The zero-order chi connectivity index (χ0) is 9.14. The van der Waals surface area contributed by atoms with Gasteiger partial charge in [-0.1, -0.05) is 6.92 Å². The van der Waals surface area contributed by atoms with Crippen LogP contribution in [0.1, 0.15) is 6.92 Å². The first-order chi connectivity index (χ1) is 5.66. The average molecular weight is 167 g/mol. The van der Waals surface area contributed by atoms with E-state index in [2.05, 4.69) is 10.3 Å². The lowest BCUT2D eigenvalue weighted by Crippen LogP contribution is -2.53. The molecule has 0 aromatic heterocycles. The van der Waals surface area contributed by atoms with Crippen LogP contribution in [0.15, 0.2) is 4.99 Å². The van der Waals surface area contributed by atoms with E-state index < -0.39 is 0 Å². The zero-order valence-electron chi connectivity index (χ0n) is 7.23. The smallest absolute Gasteiger partial charge is 0.180 e. The molecule has 0 aromatic carbocycles. The van der Waals surface area contributed by atoms with E-state index in [-0.39, 0.29) is 18.2 Å². The van der Waals surface area contributed by atoms with Crippen LogP contribution in [0.4, 0.5) is 0 Å². The molecular formula is C7H13N5.